The third kappa shape index (κ3) is 2.66. The van der Waals surface area contributed by atoms with Gasteiger partial charge in [-0.15, -0.1) is 0 Å². The maximum atomic E-state index is 4.11. The highest BCUT2D eigenvalue weighted by molar-refractivity contribution is 4.83. The van der Waals surface area contributed by atoms with Crippen LogP contribution in [0.1, 0.15) is 0 Å². The molecule has 0 aliphatic carbocycles. The third-order valence-corrected chi connectivity index (χ3v) is 1.64. The van der Waals surface area contributed by atoms with E-state index >= 15 is 0 Å². The van der Waals surface area contributed by atoms with E-state index in [0.29, 0.717) is 0 Å². The van der Waals surface area contributed by atoms with Crippen LogP contribution >= 0.6 is 0 Å². The van der Waals surface area contributed by atoms with Crippen molar-refractivity contribution in [2.24, 2.45) is 0 Å². The lowest BCUT2D eigenvalue weighted by Gasteiger charge is -1.94. The lowest BCUT2D eigenvalue weighted by Crippen LogP contribution is -3.00. The molecule has 3 nitrogen and oxygen atoms in total. The minimum atomic E-state index is 0. The number of halogens is 1. The first-order chi connectivity index (χ1) is 5.95. The molecule has 0 aliphatic rings. The van der Waals surface area contributed by atoms with E-state index in [1.165, 1.54) is 0 Å². The van der Waals surface area contributed by atoms with Gasteiger partial charge in [0.15, 0.2) is 12.4 Å². The van der Waals surface area contributed by atoms with Crippen molar-refractivity contribution < 1.29 is 21.5 Å². The van der Waals surface area contributed by atoms with Crippen molar-refractivity contribution in [1.29, 1.82) is 0 Å². The summed E-state index contributed by atoms with van der Waals surface area (Å²) in [6, 6.07) is 7.93. The molecule has 0 spiro atoms. The second kappa shape index (κ2) is 4.77. The molecule has 0 saturated carbocycles. The monoisotopic (exact) mass is 239 g/mol. The van der Waals surface area contributed by atoms with Crippen molar-refractivity contribution in [2.45, 2.75) is 6.67 Å². The van der Waals surface area contributed by atoms with Crippen LogP contribution in [-0.2, 0) is 6.67 Å². The topological polar surface area (TPSA) is 21.7 Å². The normalized spacial score (nSPS) is 9.23. The average Bonchev–Trinajstić information content (AvgIpc) is 2.59. The van der Waals surface area contributed by atoms with E-state index in [1.807, 2.05) is 47.5 Å². The maximum Gasteiger partial charge on any atom is 0.242 e. The predicted molar refractivity (Wildman–Crippen MR) is 44.3 cm³/mol. The van der Waals surface area contributed by atoms with E-state index in [4.69, 9.17) is 0 Å². The highest BCUT2D eigenvalue weighted by Crippen LogP contribution is 1.82. The Hall–Kier alpha value is -1.16. The van der Waals surface area contributed by atoms with Crippen LogP contribution in [-0.4, -0.2) is 9.78 Å². The molecule has 0 atom stereocenters. The second-order valence-electron chi connectivity index (χ2n) is 2.58. The van der Waals surface area contributed by atoms with Gasteiger partial charge in [0, 0.05) is 24.5 Å². The first-order valence-electron chi connectivity index (χ1n) is 3.87. The Morgan fingerprint density at radius 2 is 1.85 bits per heavy atom. The molecule has 2 aromatic rings. The Morgan fingerprint density at radius 1 is 1.08 bits per heavy atom. The summed E-state index contributed by atoms with van der Waals surface area (Å²) >= 11 is 0. The molecule has 2 aromatic heterocycles. The summed E-state index contributed by atoms with van der Waals surface area (Å²) in [6.45, 7) is 0.772. The quantitative estimate of drug-likeness (QED) is 0.540. The summed E-state index contributed by atoms with van der Waals surface area (Å²) in [5.74, 6) is 0. The minimum absolute atomic E-state index is 0. The smallest absolute Gasteiger partial charge is 0.242 e. The molecule has 13 heavy (non-hydrogen) atoms. The Kier molecular flexibility index (Phi) is 3.64. The van der Waals surface area contributed by atoms with E-state index < -0.39 is 0 Å². The van der Waals surface area contributed by atoms with Gasteiger partial charge in [0.1, 0.15) is 0 Å². The average molecular weight is 240 g/mol. The van der Waals surface area contributed by atoms with E-state index in [9.17, 15) is 0 Å². The summed E-state index contributed by atoms with van der Waals surface area (Å²) < 4.78 is 3.94. The van der Waals surface area contributed by atoms with Crippen LogP contribution in [0.25, 0.3) is 0 Å². The fourth-order valence-electron chi connectivity index (χ4n) is 1.08. The summed E-state index contributed by atoms with van der Waals surface area (Å²) in [4.78, 5) is 0. The summed E-state index contributed by atoms with van der Waals surface area (Å²) in [6.07, 6.45) is 7.76. The van der Waals surface area contributed by atoms with E-state index in [-0.39, 0.29) is 17.0 Å². The molecule has 0 radical (unpaired) electrons. The van der Waals surface area contributed by atoms with E-state index in [2.05, 4.69) is 9.67 Å². The highest BCUT2D eigenvalue weighted by atomic mass is 79.9. The van der Waals surface area contributed by atoms with Gasteiger partial charge in [-0.2, -0.15) is 9.67 Å². The van der Waals surface area contributed by atoms with Gasteiger partial charge < -0.3 is 17.0 Å². The maximum absolute atomic E-state index is 4.11. The van der Waals surface area contributed by atoms with Gasteiger partial charge in [-0.25, -0.2) is 4.68 Å². The molecule has 2 rings (SSSR count). The molecule has 0 saturated heterocycles. The molecule has 0 amide bonds. The fraction of sp³-hybridized carbons (Fsp3) is 0.111. The van der Waals surface area contributed by atoms with Gasteiger partial charge in [0.2, 0.25) is 6.67 Å². The number of hydrogen-bond acceptors (Lipinski definition) is 1. The van der Waals surface area contributed by atoms with Gasteiger partial charge in [-0.1, -0.05) is 6.07 Å². The molecule has 0 bridgehead atoms. The minimum Gasteiger partial charge on any atom is -1.00 e. The first-order valence-corrected chi connectivity index (χ1v) is 3.87. The van der Waals surface area contributed by atoms with Crippen molar-refractivity contribution in [1.82, 2.24) is 9.78 Å². The fourth-order valence-corrected chi connectivity index (χ4v) is 1.08. The van der Waals surface area contributed by atoms with Crippen LogP contribution < -0.4 is 21.5 Å². The van der Waals surface area contributed by atoms with Crippen molar-refractivity contribution in [2.75, 3.05) is 0 Å². The largest absolute Gasteiger partial charge is 1.00 e. The Bertz CT molecular complexity index is 331. The van der Waals surface area contributed by atoms with Crippen LogP contribution in [0.5, 0.6) is 0 Å². The third-order valence-electron chi connectivity index (χ3n) is 1.64. The molecule has 0 unspecified atom stereocenters. The molecule has 2 heterocycles. The van der Waals surface area contributed by atoms with Gasteiger partial charge in [-0.05, 0) is 6.07 Å². The number of aromatic nitrogens is 3. The zero-order valence-electron chi connectivity index (χ0n) is 7.05. The van der Waals surface area contributed by atoms with Gasteiger partial charge >= 0.3 is 0 Å². The molecule has 68 valence electrons. The van der Waals surface area contributed by atoms with Crippen LogP contribution in [0.4, 0.5) is 0 Å². The zero-order chi connectivity index (χ0) is 8.23. The number of hydrogen-bond donors (Lipinski definition) is 0. The van der Waals surface area contributed by atoms with Gasteiger partial charge in [-0.3, -0.25) is 0 Å². The lowest BCUT2D eigenvalue weighted by atomic mass is 10.5. The van der Waals surface area contributed by atoms with Crippen LogP contribution in [0.2, 0.25) is 0 Å². The zero-order valence-corrected chi connectivity index (χ0v) is 8.63. The van der Waals surface area contributed by atoms with Crippen molar-refractivity contribution in [3.63, 3.8) is 0 Å². The SMILES string of the molecule is [Br-].c1cc[n+](Cn2cccn2)cc1. The van der Waals surface area contributed by atoms with Crippen LogP contribution in [0, 0.1) is 0 Å². The Balaban J connectivity index is 0.000000845. The lowest BCUT2D eigenvalue weighted by molar-refractivity contribution is -0.702. The second-order valence-corrected chi connectivity index (χ2v) is 2.58. The predicted octanol–water partition coefficient (Wildman–Crippen LogP) is -2.32. The van der Waals surface area contributed by atoms with Gasteiger partial charge in [0.25, 0.3) is 0 Å². The molecule has 0 N–H and O–H groups in total. The van der Waals surface area contributed by atoms with Crippen LogP contribution in [0.15, 0.2) is 49.1 Å². The van der Waals surface area contributed by atoms with E-state index in [0.717, 1.165) is 6.67 Å². The van der Waals surface area contributed by atoms with Crippen molar-refractivity contribution in [3.05, 3.63) is 49.1 Å². The number of pyridine rings is 1. The first kappa shape index (κ1) is 9.92. The van der Waals surface area contributed by atoms with Crippen LogP contribution in [0.3, 0.4) is 0 Å². The van der Waals surface area contributed by atoms with Crippen molar-refractivity contribution >= 4 is 0 Å². The summed E-state index contributed by atoms with van der Waals surface area (Å²) in [5.41, 5.74) is 0. The Labute approximate surface area is 87.4 Å². The molecule has 0 fully saturated rings. The van der Waals surface area contributed by atoms with Crippen molar-refractivity contribution in [3.8, 4) is 0 Å². The van der Waals surface area contributed by atoms with Gasteiger partial charge in [0.05, 0.1) is 0 Å². The summed E-state index contributed by atoms with van der Waals surface area (Å²) in [7, 11) is 0. The molecular weight excluding hydrogens is 230 g/mol. The molecular formula is C9H10BrN3. The number of nitrogens with zero attached hydrogens (tertiary/aromatic N) is 3. The number of rotatable bonds is 2. The Morgan fingerprint density at radius 3 is 2.46 bits per heavy atom. The standard InChI is InChI=1S/C9H10N3.BrH/c1-2-6-11(7-3-1)9-12-8-4-5-10-12;/h1-8H,9H2;1H/q+1;/p-1. The molecule has 4 heteroatoms. The van der Waals surface area contributed by atoms with E-state index in [1.54, 1.807) is 6.20 Å². The molecule has 0 aromatic carbocycles. The molecule has 0 aliphatic heterocycles. The summed E-state index contributed by atoms with van der Waals surface area (Å²) in [5, 5.41) is 4.11. The highest BCUT2D eigenvalue weighted by Gasteiger charge is 1.97.